The third-order valence-corrected chi connectivity index (χ3v) is 6.25. The Morgan fingerprint density at radius 3 is 2.28 bits per heavy atom. The Bertz CT molecular complexity index is 1350. The second kappa shape index (κ2) is 8.65. The summed E-state index contributed by atoms with van der Waals surface area (Å²) in [4.78, 5) is 13.4. The van der Waals surface area contributed by atoms with Gasteiger partial charge in [-0.3, -0.25) is 4.79 Å². The highest BCUT2D eigenvalue weighted by atomic mass is 35.5. The Kier molecular flexibility index (Phi) is 6.07. The molecule has 3 aromatic carbocycles. The van der Waals surface area contributed by atoms with Gasteiger partial charge in [0, 0.05) is 21.2 Å². The zero-order chi connectivity index (χ0) is 23.0. The average Bonchev–Trinajstić information content (AvgIpc) is 2.75. The minimum atomic E-state index is -0.268. The summed E-state index contributed by atoms with van der Waals surface area (Å²) in [6.45, 7) is 8.48. The van der Waals surface area contributed by atoms with Crippen LogP contribution in [-0.4, -0.2) is 0 Å². The van der Waals surface area contributed by atoms with Gasteiger partial charge < -0.3 is 9.15 Å². The third-order valence-electron chi connectivity index (χ3n) is 5.47. The molecule has 0 unspecified atom stereocenters. The van der Waals surface area contributed by atoms with Crippen molar-refractivity contribution in [2.75, 3.05) is 0 Å². The Morgan fingerprint density at radius 1 is 0.938 bits per heavy atom. The predicted molar refractivity (Wildman–Crippen MR) is 132 cm³/mol. The van der Waals surface area contributed by atoms with Crippen LogP contribution in [-0.2, 0) is 12.0 Å². The van der Waals surface area contributed by atoms with Gasteiger partial charge in [0.05, 0.1) is 5.39 Å². The molecule has 1 aromatic heterocycles. The molecule has 32 heavy (non-hydrogen) atoms. The van der Waals surface area contributed by atoms with Crippen LogP contribution in [0.5, 0.6) is 5.75 Å². The Hall–Kier alpha value is -2.75. The lowest BCUT2D eigenvalue weighted by Crippen LogP contribution is -2.12. The predicted octanol–water partition coefficient (Wildman–Crippen LogP) is 7.95. The van der Waals surface area contributed by atoms with Crippen molar-refractivity contribution in [2.45, 2.75) is 39.7 Å². The van der Waals surface area contributed by atoms with E-state index in [0.717, 1.165) is 16.7 Å². The van der Waals surface area contributed by atoms with Crippen LogP contribution in [0.1, 0.15) is 37.5 Å². The topological polar surface area (TPSA) is 39.4 Å². The van der Waals surface area contributed by atoms with E-state index < -0.39 is 0 Å². The van der Waals surface area contributed by atoms with Gasteiger partial charge in [0.25, 0.3) is 0 Å². The standard InChI is InChI=1S/C27H24Cl2O3/c1-16-13-23-20(14-22(16)29)24(30)26(31-15-18-7-5-6-8-21(18)28)25(32-23)17-9-11-19(12-10-17)27(2,3)4/h5-14H,15H2,1-4H3. The third kappa shape index (κ3) is 4.41. The summed E-state index contributed by atoms with van der Waals surface area (Å²) in [5.41, 5.74) is 3.78. The molecule has 4 rings (SSSR count). The molecular formula is C27H24Cl2O3. The van der Waals surface area contributed by atoms with Gasteiger partial charge in [-0.05, 0) is 41.7 Å². The van der Waals surface area contributed by atoms with Gasteiger partial charge in [0.1, 0.15) is 12.2 Å². The highest BCUT2D eigenvalue weighted by Crippen LogP contribution is 2.34. The second-order valence-corrected chi connectivity index (χ2v) is 9.71. The van der Waals surface area contributed by atoms with Crippen LogP contribution in [0, 0.1) is 6.92 Å². The van der Waals surface area contributed by atoms with Gasteiger partial charge in [0.15, 0.2) is 5.76 Å². The van der Waals surface area contributed by atoms with E-state index >= 15 is 0 Å². The monoisotopic (exact) mass is 466 g/mol. The van der Waals surface area contributed by atoms with Crippen molar-refractivity contribution in [1.82, 2.24) is 0 Å². The lowest BCUT2D eigenvalue weighted by molar-refractivity contribution is 0.298. The van der Waals surface area contributed by atoms with Crippen molar-refractivity contribution in [3.05, 3.63) is 97.6 Å². The number of hydrogen-bond donors (Lipinski definition) is 0. The zero-order valence-corrected chi connectivity index (χ0v) is 20.0. The molecule has 164 valence electrons. The van der Waals surface area contributed by atoms with Crippen molar-refractivity contribution in [3.8, 4) is 17.1 Å². The highest BCUT2D eigenvalue weighted by Gasteiger charge is 2.20. The van der Waals surface area contributed by atoms with Crippen molar-refractivity contribution in [2.24, 2.45) is 0 Å². The largest absolute Gasteiger partial charge is 0.481 e. The molecule has 0 radical (unpaired) electrons. The molecule has 3 nitrogen and oxygen atoms in total. The number of rotatable bonds is 4. The van der Waals surface area contributed by atoms with Gasteiger partial charge in [-0.1, -0.05) is 86.4 Å². The fourth-order valence-electron chi connectivity index (χ4n) is 3.51. The fraction of sp³-hybridized carbons (Fsp3) is 0.222. The molecule has 0 aliphatic carbocycles. The second-order valence-electron chi connectivity index (χ2n) is 8.89. The van der Waals surface area contributed by atoms with Crippen molar-refractivity contribution in [1.29, 1.82) is 0 Å². The summed E-state index contributed by atoms with van der Waals surface area (Å²) in [6, 6.07) is 18.8. The quantitative estimate of drug-likeness (QED) is 0.306. The molecule has 0 amide bonds. The first-order chi connectivity index (χ1) is 15.1. The Balaban J connectivity index is 1.87. The lowest BCUT2D eigenvalue weighted by Gasteiger charge is -2.19. The van der Waals surface area contributed by atoms with Crippen LogP contribution < -0.4 is 10.2 Å². The number of halogens is 2. The minimum absolute atomic E-state index is 0.0139. The maximum Gasteiger partial charge on any atom is 0.235 e. The molecule has 0 saturated heterocycles. The van der Waals surface area contributed by atoms with Gasteiger partial charge in [-0.25, -0.2) is 0 Å². The van der Waals surface area contributed by atoms with E-state index in [1.54, 1.807) is 18.2 Å². The first kappa shape index (κ1) is 22.4. The van der Waals surface area contributed by atoms with Crippen LogP contribution >= 0.6 is 23.2 Å². The van der Waals surface area contributed by atoms with Crippen LogP contribution in [0.2, 0.25) is 10.0 Å². The van der Waals surface area contributed by atoms with Crippen molar-refractivity contribution in [3.63, 3.8) is 0 Å². The molecule has 0 atom stereocenters. The summed E-state index contributed by atoms with van der Waals surface area (Å²) in [6.07, 6.45) is 0. The van der Waals surface area contributed by atoms with E-state index in [-0.39, 0.29) is 23.2 Å². The van der Waals surface area contributed by atoms with E-state index in [2.05, 4.69) is 20.8 Å². The summed E-state index contributed by atoms with van der Waals surface area (Å²) in [5, 5.41) is 1.46. The smallest absolute Gasteiger partial charge is 0.235 e. The molecule has 0 N–H and O–H groups in total. The van der Waals surface area contributed by atoms with Crippen molar-refractivity contribution < 1.29 is 9.15 Å². The number of ether oxygens (including phenoxy) is 1. The maximum atomic E-state index is 13.4. The first-order valence-corrected chi connectivity index (χ1v) is 11.1. The maximum absolute atomic E-state index is 13.4. The molecule has 0 spiro atoms. The molecule has 0 fully saturated rings. The first-order valence-electron chi connectivity index (χ1n) is 10.4. The molecule has 0 saturated carbocycles. The molecule has 4 aromatic rings. The lowest BCUT2D eigenvalue weighted by atomic mass is 9.86. The zero-order valence-electron chi connectivity index (χ0n) is 18.5. The normalized spacial score (nSPS) is 11.7. The van der Waals surface area contributed by atoms with E-state index in [4.69, 9.17) is 32.4 Å². The molecule has 5 heteroatoms. The molecular weight excluding hydrogens is 443 g/mol. The molecule has 0 aliphatic rings. The summed E-state index contributed by atoms with van der Waals surface area (Å²) in [5.74, 6) is 0.526. The molecule has 0 aliphatic heterocycles. The number of benzene rings is 3. The van der Waals surface area contributed by atoms with E-state index in [0.29, 0.717) is 26.8 Å². The molecule has 1 heterocycles. The van der Waals surface area contributed by atoms with E-state index in [9.17, 15) is 4.79 Å². The number of fused-ring (bicyclic) bond motifs is 1. The van der Waals surface area contributed by atoms with Crippen molar-refractivity contribution >= 4 is 34.2 Å². The van der Waals surface area contributed by atoms with Crippen LogP contribution in [0.4, 0.5) is 0 Å². The van der Waals surface area contributed by atoms with Crippen LogP contribution in [0.25, 0.3) is 22.3 Å². The summed E-state index contributed by atoms with van der Waals surface area (Å²) < 4.78 is 12.3. The van der Waals surface area contributed by atoms with Gasteiger partial charge in [-0.2, -0.15) is 0 Å². The van der Waals surface area contributed by atoms with Gasteiger partial charge in [-0.15, -0.1) is 0 Å². The summed E-state index contributed by atoms with van der Waals surface area (Å²) >= 11 is 12.6. The van der Waals surface area contributed by atoms with E-state index in [1.807, 2.05) is 49.4 Å². The Labute approximate surface area is 197 Å². The number of aryl methyl sites for hydroxylation is 1. The van der Waals surface area contributed by atoms with Gasteiger partial charge >= 0.3 is 0 Å². The van der Waals surface area contributed by atoms with E-state index in [1.165, 1.54) is 5.56 Å². The number of hydrogen-bond acceptors (Lipinski definition) is 3. The SMILES string of the molecule is Cc1cc2oc(-c3ccc(C(C)(C)C)cc3)c(OCc3ccccc3Cl)c(=O)c2cc1Cl. The minimum Gasteiger partial charge on any atom is -0.481 e. The van der Waals surface area contributed by atoms with Crippen LogP contribution in [0.15, 0.2) is 69.9 Å². The highest BCUT2D eigenvalue weighted by molar-refractivity contribution is 6.32. The molecule has 0 bridgehead atoms. The summed E-state index contributed by atoms with van der Waals surface area (Å²) in [7, 11) is 0. The average molecular weight is 467 g/mol. The van der Waals surface area contributed by atoms with Gasteiger partial charge in [0.2, 0.25) is 11.2 Å². The fourth-order valence-corrected chi connectivity index (χ4v) is 3.86. The van der Waals surface area contributed by atoms with Crippen LogP contribution in [0.3, 0.4) is 0 Å². The Morgan fingerprint density at radius 2 is 1.62 bits per heavy atom.